The minimum Gasteiger partial charge on any atom is -0.383 e. The molecule has 0 radical (unpaired) electrons. The van der Waals surface area contributed by atoms with Crippen molar-refractivity contribution in [2.24, 2.45) is 0 Å². The van der Waals surface area contributed by atoms with E-state index < -0.39 is 0 Å². The van der Waals surface area contributed by atoms with Gasteiger partial charge in [0.1, 0.15) is 0 Å². The predicted molar refractivity (Wildman–Crippen MR) is 87.1 cm³/mol. The lowest BCUT2D eigenvalue weighted by atomic mass is 10.0. The molecule has 0 saturated carbocycles. The first kappa shape index (κ1) is 14.2. The second-order valence-electron chi connectivity index (χ2n) is 4.82. The van der Waals surface area contributed by atoms with Gasteiger partial charge in [0.2, 0.25) is 0 Å². The third-order valence-corrected chi connectivity index (χ3v) is 5.56. The van der Waals surface area contributed by atoms with Gasteiger partial charge in [-0.15, -0.1) is 0 Å². The van der Waals surface area contributed by atoms with E-state index in [1.54, 1.807) is 0 Å². The number of hydrogen-bond donors (Lipinski definition) is 1. The molecule has 1 heterocycles. The molecule has 2 aromatic rings. The van der Waals surface area contributed by atoms with Crippen LogP contribution in [0.15, 0.2) is 36.5 Å². The Balaban J connectivity index is 2.22. The summed E-state index contributed by atoms with van der Waals surface area (Å²) in [5.74, 6) is 0. The smallest absolute Gasteiger partial charge is 0.0722 e. The fourth-order valence-corrected chi connectivity index (χ4v) is 3.16. The Morgan fingerprint density at radius 2 is 1.89 bits per heavy atom. The topological polar surface area (TPSA) is 24.9 Å². The zero-order chi connectivity index (χ0) is 13.7. The van der Waals surface area contributed by atoms with E-state index in [2.05, 4.69) is 54.7 Å². The Kier molecular flexibility index (Phi) is 4.70. The predicted octanol–water partition coefficient (Wildman–Crippen LogP) is 4.57. The van der Waals surface area contributed by atoms with Gasteiger partial charge in [0.15, 0.2) is 0 Å². The molecule has 102 valence electrons. The van der Waals surface area contributed by atoms with Crippen molar-refractivity contribution in [3.8, 4) is 0 Å². The van der Waals surface area contributed by atoms with Crippen molar-refractivity contribution in [3.63, 3.8) is 0 Å². The van der Waals surface area contributed by atoms with Gasteiger partial charge in [-0.2, -0.15) is 11.8 Å². The molecule has 3 heteroatoms. The Hall–Kier alpha value is -1.22. The molecule has 0 spiro atoms. The molecule has 0 aliphatic carbocycles. The van der Waals surface area contributed by atoms with Gasteiger partial charge in [0, 0.05) is 28.6 Å². The average molecular weight is 274 g/mol. The summed E-state index contributed by atoms with van der Waals surface area (Å²) >= 11 is 1.96. The maximum Gasteiger partial charge on any atom is 0.0722 e. The molecule has 2 rings (SSSR count). The summed E-state index contributed by atoms with van der Waals surface area (Å²) in [6.45, 7) is 5.54. The summed E-state index contributed by atoms with van der Waals surface area (Å²) in [6, 6.07) is 10.4. The van der Waals surface area contributed by atoms with Gasteiger partial charge in [-0.25, -0.2) is 0 Å². The summed E-state index contributed by atoms with van der Waals surface area (Å²) in [5.41, 5.74) is 2.24. The summed E-state index contributed by atoms with van der Waals surface area (Å²) in [5, 5.41) is 4.82. The first-order valence-electron chi connectivity index (χ1n) is 6.87. The summed E-state index contributed by atoms with van der Waals surface area (Å²) < 4.78 is 0.324. The molecule has 0 unspecified atom stereocenters. The zero-order valence-electron chi connectivity index (χ0n) is 11.9. The van der Waals surface area contributed by atoms with Crippen molar-refractivity contribution in [2.45, 2.75) is 31.4 Å². The third kappa shape index (κ3) is 3.03. The molecule has 0 fully saturated rings. The molecule has 1 N–H and O–H groups in total. The number of nitrogens with zero attached hydrogens (tertiary/aromatic N) is 1. The molecule has 0 amide bonds. The highest BCUT2D eigenvalue weighted by atomic mass is 32.2. The summed E-state index contributed by atoms with van der Waals surface area (Å²) in [7, 11) is 0. The molecular weight excluding hydrogens is 252 g/mol. The fraction of sp³-hybridized carbons (Fsp3) is 0.438. The van der Waals surface area contributed by atoms with Gasteiger partial charge in [-0.05, 0) is 31.2 Å². The minimum absolute atomic E-state index is 0.324. The molecule has 0 aliphatic rings. The molecule has 1 aromatic carbocycles. The van der Waals surface area contributed by atoms with Gasteiger partial charge in [0.05, 0.1) is 5.52 Å². The average Bonchev–Trinajstić information content (AvgIpc) is 2.49. The number of aromatic nitrogens is 1. The zero-order valence-corrected chi connectivity index (χ0v) is 12.8. The van der Waals surface area contributed by atoms with Crippen molar-refractivity contribution >= 4 is 28.4 Å². The quantitative estimate of drug-likeness (QED) is 0.835. The van der Waals surface area contributed by atoms with Crippen molar-refractivity contribution in [2.75, 3.05) is 18.1 Å². The minimum atomic E-state index is 0.324. The molecule has 0 bridgehead atoms. The Morgan fingerprint density at radius 3 is 2.58 bits per heavy atom. The SMILES string of the molecule is CCC(CC)(CNc1ccnc2ccccc12)SC. The van der Waals surface area contributed by atoms with Crippen LogP contribution in [0.5, 0.6) is 0 Å². The van der Waals surface area contributed by atoms with Crippen LogP contribution in [0.25, 0.3) is 10.9 Å². The number of rotatable bonds is 6. The van der Waals surface area contributed by atoms with E-state index in [1.807, 2.05) is 24.0 Å². The van der Waals surface area contributed by atoms with Crippen molar-refractivity contribution in [1.82, 2.24) is 4.98 Å². The molecule has 2 nitrogen and oxygen atoms in total. The molecule has 0 saturated heterocycles. The summed E-state index contributed by atoms with van der Waals surface area (Å²) in [4.78, 5) is 4.40. The maximum absolute atomic E-state index is 4.40. The Morgan fingerprint density at radius 1 is 1.16 bits per heavy atom. The van der Waals surface area contributed by atoms with E-state index in [1.165, 1.54) is 23.9 Å². The van der Waals surface area contributed by atoms with Gasteiger partial charge in [-0.1, -0.05) is 32.0 Å². The number of para-hydroxylation sites is 1. The van der Waals surface area contributed by atoms with E-state index >= 15 is 0 Å². The van der Waals surface area contributed by atoms with Gasteiger partial charge in [-0.3, -0.25) is 4.98 Å². The molecule has 0 atom stereocenters. The van der Waals surface area contributed by atoms with Gasteiger partial charge >= 0.3 is 0 Å². The molecule has 1 aromatic heterocycles. The van der Waals surface area contributed by atoms with Crippen LogP contribution in [0, 0.1) is 0 Å². The van der Waals surface area contributed by atoms with Crippen molar-refractivity contribution in [1.29, 1.82) is 0 Å². The van der Waals surface area contributed by atoms with Crippen LogP contribution in [0.3, 0.4) is 0 Å². The lowest BCUT2D eigenvalue weighted by molar-refractivity contribution is 0.575. The van der Waals surface area contributed by atoms with E-state index in [-0.39, 0.29) is 0 Å². The number of anilines is 1. The highest BCUT2D eigenvalue weighted by Crippen LogP contribution is 2.31. The van der Waals surface area contributed by atoms with Crippen LogP contribution in [-0.2, 0) is 0 Å². The number of benzene rings is 1. The van der Waals surface area contributed by atoms with Gasteiger partial charge in [0.25, 0.3) is 0 Å². The maximum atomic E-state index is 4.40. The van der Waals surface area contributed by atoms with Crippen LogP contribution >= 0.6 is 11.8 Å². The fourth-order valence-electron chi connectivity index (χ4n) is 2.37. The Labute approximate surface area is 120 Å². The van der Waals surface area contributed by atoms with Crippen molar-refractivity contribution < 1.29 is 0 Å². The number of hydrogen-bond acceptors (Lipinski definition) is 3. The molecule has 0 aliphatic heterocycles. The van der Waals surface area contributed by atoms with Crippen molar-refractivity contribution in [3.05, 3.63) is 36.5 Å². The molecular formula is C16H22N2S. The Bertz CT molecular complexity index is 522. The number of pyridine rings is 1. The lowest BCUT2D eigenvalue weighted by Gasteiger charge is -2.30. The standard InChI is InChI=1S/C16H22N2S/c1-4-16(5-2,19-3)12-18-15-10-11-17-14-9-7-6-8-13(14)15/h6-11H,4-5,12H2,1-3H3,(H,17,18). The number of fused-ring (bicyclic) bond motifs is 1. The monoisotopic (exact) mass is 274 g/mol. The lowest BCUT2D eigenvalue weighted by Crippen LogP contribution is -2.32. The first-order chi connectivity index (χ1) is 9.24. The van der Waals surface area contributed by atoms with Gasteiger partial charge < -0.3 is 5.32 Å². The van der Waals surface area contributed by atoms with E-state index in [0.717, 1.165) is 12.1 Å². The number of nitrogens with one attached hydrogen (secondary N) is 1. The van der Waals surface area contributed by atoms with E-state index in [9.17, 15) is 0 Å². The molecule has 19 heavy (non-hydrogen) atoms. The van der Waals surface area contributed by atoms with Crippen LogP contribution in [0.4, 0.5) is 5.69 Å². The van der Waals surface area contributed by atoms with Crippen LogP contribution in [-0.4, -0.2) is 22.5 Å². The normalized spacial score (nSPS) is 11.7. The highest BCUT2D eigenvalue weighted by Gasteiger charge is 2.24. The third-order valence-electron chi connectivity index (χ3n) is 3.97. The van der Waals surface area contributed by atoms with Crippen LogP contribution < -0.4 is 5.32 Å². The van der Waals surface area contributed by atoms with E-state index in [0.29, 0.717) is 4.75 Å². The van der Waals surface area contributed by atoms with Crippen LogP contribution in [0.2, 0.25) is 0 Å². The second kappa shape index (κ2) is 6.29. The second-order valence-corrected chi connectivity index (χ2v) is 6.10. The van der Waals surface area contributed by atoms with E-state index in [4.69, 9.17) is 0 Å². The van der Waals surface area contributed by atoms with Crippen LogP contribution in [0.1, 0.15) is 26.7 Å². The summed E-state index contributed by atoms with van der Waals surface area (Å²) in [6.07, 6.45) is 6.45. The largest absolute Gasteiger partial charge is 0.383 e. The number of thioether (sulfide) groups is 1. The first-order valence-corrected chi connectivity index (χ1v) is 8.10. The highest BCUT2D eigenvalue weighted by molar-refractivity contribution is 8.00.